The first-order valence-corrected chi connectivity index (χ1v) is 9.57. The summed E-state index contributed by atoms with van der Waals surface area (Å²) in [6, 6.07) is 0. The van der Waals surface area contributed by atoms with Crippen LogP contribution in [0.3, 0.4) is 0 Å². The lowest BCUT2D eigenvalue weighted by atomic mass is 9.70. The highest BCUT2D eigenvalue weighted by Gasteiger charge is 2.51. The molecule has 25 heavy (non-hydrogen) atoms. The third-order valence-electron chi connectivity index (χ3n) is 5.10. The fourth-order valence-corrected chi connectivity index (χ4v) is 3.94. The third kappa shape index (κ3) is 4.63. The molecule has 0 bridgehead atoms. The number of ketones is 1. The first-order chi connectivity index (χ1) is 11.7. The third-order valence-corrected chi connectivity index (χ3v) is 5.10. The lowest BCUT2D eigenvalue weighted by Gasteiger charge is -2.42. The molecule has 5 heteroatoms. The Labute approximate surface area is 150 Å². The van der Waals surface area contributed by atoms with Crippen LogP contribution >= 0.6 is 0 Å². The van der Waals surface area contributed by atoms with Crippen LogP contribution in [-0.4, -0.2) is 29.3 Å². The number of rotatable bonds is 7. The molecule has 0 spiro atoms. The Bertz CT molecular complexity index is 548. The summed E-state index contributed by atoms with van der Waals surface area (Å²) in [5, 5.41) is 10.8. The number of unbranched alkanes of at least 4 members (excludes halogenated alkanes) is 3. The van der Waals surface area contributed by atoms with Crippen molar-refractivity contribution in [3.05, 3.63) is 11.3 Å². The van der Waals surface area contributed by atoms with Crippen LogP contribution in [0.5, 0.6) is 0 Å². The number of Topliss-reactive ketones (excluding diaryl/α,β-unsaturated/α-hetero) is 1. The molecule has 1 unspecified atom stereocenters. The Hall–Kier alpha value is -1.36. The molecule has 1 aliphatic heterocycles. The number of ether oxygens (including phenoxy) is 2. The number of carbonyl (C=O) groups is 2. The van der Waals surface area contributed by atoms with Crippen LogP contribution in [0.4, 0.5) is 0 Å². The Balaban J connectivity index is 2.27. The maximum atomic E-state index is 12.7. The second-order valence-corrected chi connectivity index (χ2v) is 8.14. The van der Waals surface area contributed by atoms with Gasteiger partial charge in [-0.1, -0.05) is 46.5 Å². The van der Waals surface area contributed by atoms with Crippen molar-refractivity contribution in [2.24, 2.45) is 11.3 Å². The van der Waals surface area contributed by atoms with Crippen molar-refractivity contribution in [2.45, 2.75) is 84.8 Å². The summed E-state index contributed by atoms with van der Waals surface area (Å²) in [4.78, 5) is 25.0. The molecule has 1 heterocycles. The van der Waals surface area contributed by atoms with Crippen molar-refractivity contribution in [1.82, 2.24) is 0 Å². The number of esters is 1. The Kier molecular flexibility index (Phi) is 6.30. The van der Waals surface area contributed by atoms with E-state index in [1.165, 1.54) is 0 Å². The number of hydrogen-bond acceptors (Lipinski definition) is 5. The minimum Gasteiger partial charge on any atom is -0.461 e. The molecule has 0 aromatic heterocycles. The van der Waals surface area contributed by atoms with Crippen molar-refractivity contribution in [3.8, 4) is 0 Å². The summed E-state index contributed by atoms with van der Waals surface area (Å²) < 4.78 is 10.7. The standard InChI is InChI=1S/C20H32O5/c1-5-7-8-9-10-14-11-20(23,18(22)24-6-2)25-16-13-19(3,4)12-15(21)17(14)16/h14,23H,5-13H2,1-4H3/t14-,20?/m0/s1. The lowest BCUT2D eigenvalue weighted by molar-refractivity contribution is -0.228. The molecule has 0 amide bonds. The van der Waals surface area contributed by atoms with Gasteiger partial charge in [0.2, 0.25) is 0 Å². The molecular formula is C20H32O5. The number of hydrogen-bond donors (Lipinski definition) is 1. The van der Waals surface area contributed by atoms with E-state index in [2.05, 4.69) is 6.92 Å². The highest BCUT2D eigenvalue weighted by molar-refractivity contribution is 5.98. The molecule has 0 saturated carbocycles. The molecule has 1 N–H and O–H groups in total. The van der Waals surface area contributed by atoms with Gasteiger partial charge < -0.3 is 14.6 Å². The van der Waals surface area contributed by atoms with Crippen LogP contribution in [0, 0.1) is 11.3 Å². The highest BCUT2D eigenvalue weighted by atomic mass is 16.7. The van der Waals surface area contributed by atoms with Crippen molar-refractivity contribution in [3.63, 3.8) is 0 Å². The van der Waals surface area contributed by atoms with Gasteiger partial charge in [0.1, 0.15) is 5.76 Å². The average molecular weight is 352 g/mol. The minimum absolute atomic E-state index is 0.0950. The van der Waals surface area contributed by atoms with Gasteiger partial charge in [-0.3, -0.25) is 4.79 Å². The van der Waals surface area contributed by atoms with E-state index in [1.54, 1.807) is 6.92 Å². The predicted molar refractivity (Wildman–Crippen MR) is 94.6 cm³/mol. The maximum absolute atomic E-state index is 12.7. The quantitative estimate of drug-likeness (QED) is 0.556. The zero-order valence-electron chi connectivity index (χ0n) is 16.0. The molecule has 0 fully saturated rings. The number of carbonyl (C=O) groups excluding carboxylic acids is 2. The maximum Gasteiger partial charge on any atom is 0.379 e. The molecule has 0 radical (unpaired) electrons. The van der Waals surface area contributed by atoms with E-state index in [0.29, 0.717) is 24.2 Å². The fraction of sp³-hybridized carbons (Fsp3) is 0.800. The van der Waals surface area contributed by atoms with Crippen LogP contribution in [0.1, 0.15) is 79.1 Å². The van der Waals surface area contributed by atoms with Gasteiger partial charge in [0.25, 0.3) is 0 Å². The zero-order valence-corrected chi connectivity index (χ0v) is 16.0. The molecule has 1 aliphatic carbocycles. The van der Waals surface area contributed by atoms with Gasteiger partial charge in [-0.05, 0) is 24.7 Å². The summed E-state index contributed by atoms with van der Waals surface area (Å²) in [5.74, 6) is -2.28. The van der Waals surface area contributed by atoms with Gasteiger partial charge in [-0.2, -0.15) is 0 Å². The molecule has 142 valence electrons. The number of aliphatic hydroxyl groups is 1. The monoisotopic (exact) mass is 352 g/mol. The smallest absolute Gasteiger partial charge is 0.379 e. The van der Waals surface area contributed by atoms with E-state index in [4.69, 9.17) is 9.47 Å². The van der Waals surface area contributed by atoms with Gasteiger partial charge >= 0.3 is 11.8 Å². The molecule has 2 aliphatic rings. The number of allylic oxidation sites excluding steroid dienone is 2. The summed E-state index contributed by atoms with van der Waals surface area (Å²) in [7, 11) is 0. The fourth-order valence-electron chi connectivity index (χ4n) is 3.94. The normalized spacial score (nSPS) is 28.4. The van der Waals surface area contributed by atoms with Gasteiger partial charge in [0.15, 0.2) is 5.78 Å². The molecule has 2 atom stereocenters. The van der Waals surface area contributed by atoms with E-state index in [-0.39, 0.29) is 30.1 Å². The Morgan fingerprint density at radius 1 is 1.24 bits per heavy atom. The van der Waals surface area contributed by atoms with Gasteiger partial charge in [-0.15, -0.1) is 0 Å². The van der Waals surface area contributed by atoms with Crippen molar-refractivity contribution in [2.75, 3.05) is 6.61 Å². The van der Waals surface area contributed by atoms with Crippen LogP contribution in [0.2, 0.25) is 0 Å². The summed E-state index contributed by atoms with van der Waals surface area (Å²) in [5.41, 5.74) is 0.472. The SMILES string of the molecule is CCCCCC[C@H]1CC(O)(C(=O)OCC)OC2=C1C(=O)CC(C)(C)C2. The van der Waals surface area contributed by atoms with E-state index >= 15 is 0 Å². The molecular weight excluding hydrogens is 320 g/mol. The largest absolute Gasteiger partial charge is 0.461 e. The van der Waals surface area contributed by atoms with E-state index in [1.807, 2.05) is 13.8 Å². The van der Waals surface area contributed by atoms with E-state index in [0.717, 1.165) is 32.1 Å². The topological polar surface area (TPSA) is 72.8 Å². The molecule has 2 rings (SSSR count). The summed E-state index contributed by atoms with van der Waals surface area (Å²) in [6.45, 7) is 8.05. The molecule has 0 aromatic carbocycles. The van der Waals surface area contributed by atoms with Gasteiger partial charge in [-0.25, -0.2) is 4.79 Å². The van der Waals surface area contributed by atoms with Crippen LogP contribution < -0.4 is 0 Å². The van der Waals surface area contributed by atoms with Crippen molar-refractivity contribution in [1.29, 1.82) is 0 Å². The Morgan fingerprint density at radius 2 is 1.96 bits per heavy atom. The molecule has 5 nitrogen and oxygen atoms in total. The minimum atomic E-state index is -1.97. The second-order valence-electron chi connectivity index (χ2n) is 8.14. The van der Waals surface area contributed by atoms with Crippen molar-refractivity contribution < 1.29 is 24.2 Å². The highest BCUT2D eigenvalue weighted by Crippen LogP contribution is 2.47. The van der Waals surface area contributed by atoms with E-state index in [9.17, 15) is 14.7 Å². The zero-order chi connectivity index (χ0) is 18.7. The van der Waals surface area contributed by atoms with Crippen LogP contribution in [0.25, 0.3) is 0 Å². The van der Waals surface area contributed by atoms with Crippen LogP contribution in [0.15, 0.2) is 11.3 Å². The van der Waals surface area contributed by atoms with E-state index < -0.39 is 11.8 Å². The first-order valence-electron chi connectivity index (χ1n) is 9.57. The lowest BCUT2D eigenvalue weighted by Crippen LogP contribution is -2.49. The van der Waals surface area contributed by atoms with Crippen LogP contribution in [-0.2, 0) is 19.1 Å². The Morgan fingerprint density at radius 3 is 2.60 bits per heavy atom. The summed E-state index contributed by atoms with van der Waals surface area (Å²) in [6.07, 6.45) is 6.29. The van der Waals surface area contributed by atoms with Gasteiger partial charge in [0, 0.05) is 24.8 Å². The van der Waals surface area contributed by atoms with Crippen molar-refractivity contribution >= 4 is 11.8 Å². The average Bonchev–Trinajstić information content (AvgIpc) is 2.49. The first kappa shape index (κ1) is 20.0. The second kappa shape index (κ2) is 7.90. The predicted octanol–water partition coefficient (Wildman–Crippen LogP) is 3.89. The summed E-state index contributed by atoms with van der Waals surface area (Å²) >= 11 is 0. The molecule has 0 aromatic rings. The van der Waals surface area contributed by atoms with Gasteiger partial charge in [0.05, 0.1) is 6.61 Å². The molecule has 0 saturated heterocycles.